The summed E-state index contributed by atoms with van der Waals surface area (Å²) in [5, 5.41) is 5.50. The summed E-state index contributed by atoms with van der Waals surface area (Å²) in [6.45, 7) is 5.52. The number of ether oxygens (including phenoxy) is 1. The van der Waals surface area contributed by atoms with Crippen molar-refractivity contribution in [1.29, 1.82) is 0 Å². The first kappa shape index (κ1) is 19.7. The first-order chi connectivity index (χ1) is 15.1. The van der Waals surface area contributed by atoms with E-state index in [1.165, 1.54) is 38.8 Å². The number of aryl methyl sites for hydroxylation is 2. The third-order valence-corrected chi connectivity index (χ3v) is 6.72. The molecule has 1 aliphatic rings. The summed E-state index contributed by atoms with van der Waals surface area (Å²) in [6.07, 6.45) is 3.06. The fourth-order valence-electron chi connectivity index (χ4n) is 5.36. The quantitative estimate of drug-likeness (QED) is 0.480. The molecule has 0 saturated heterocycles. The van der Waals surface area contributed by atoms with Crippen LogP contribution in [-0.4, -0.2) is 29.1 Å². The van der Waals surface area contributed by atoms with Crippen LogP contribution >= 0.6 is 0 Å². The van der Waals surface area contributed by atoms with Crippen LogP contribution in [0.1, 0.15) is 48.2 Å². The molecule has 2 aromatic heterocycles. The Morgan fingerprint density at radius 2 is 2.06 bits per heavy atom. The number of amides is 1. The minimum Gasteiger partial charge on any atom is -0.497 e. The van der Waals surface area contributed by atoms with E-state index >= 15 is 0 Å². The lowest BCUT2D eigenvalue weighted by molar-refractivity contribution is -0.118. The number of aromatic amines is 1. The van der Waals surface area contributed by atoms with Crippen LogP contribution in [0, 0.1) is 6.92 Å². The van der Waals surface area contributed by atoms with Gasteiger partial charge in [-0.3, -0.25) is 4.79 Å². The molecule has 2 aromatic carbocycles. The van der Waals surface area contributed by atoms with Crippen LogP contribution in [-0.2, 0) is 17.8 Å². The van der Waals surface area contributed by atoms with Gasteiger partial charge in [-0.1, -0.05) is 18.2 Å². The maximum Gasteiger partial charge on any atom is 0.216 e. The molecule has 0 fully saturated rings. The van der Waals surface area contributed by atoms with E-state index in [0.717, 1.165) is 37.1 Å². The number of rotatable bonds is 5. The number of H-pyrrole nitrogens is 1. The third-order valence-electron chi connectivity index (χ3n) is 6.72. The average molecular weight is 416 g/mol. The van der Waals surface area contributed by atoms with Gasteiger partial charge in [0, 0.05) is 59.1 Å². The summed E-state index contributed by atoms with van der Waals surface area (Å²) in [5.74, 6) is 1.17. The molecule has 5 heteroatoms. The SMILES string of the molecule is COc1ccc2[nH]c(C3CCCn4c3c(C)c3ccccc34)c(CCNC(C)=O)c2c1. The van der Waals surface area contributed by atoms with E-state index in [2.05, 4.69) is 58.2 Å². The average Bonchev–Trinajstić information content (AvgIpc) is 3.29. The number of aromatic nitrogens is 2. The second kappa shape index (κ2) is 7.80. The Hall–Kier alpha value is -3.21. The lowest BCUT2D eigenvalue weighted by Crippen LogP contribution is -2.23. The topological polar surface area (TPSA) is 59.0 Å². The predicted molar refractivity (Wildman–Crippen MR) is 125 cm³/mol. The first-order valence-electron chi connectivity index (χ1n) is 11.1. The van der Waals surface area contributed by atoms with Gasteiger partial charge in [0.2, 0.25) is 5.91 Å². The molecular formula is C26H29N3O2. The summed E-state index contributed by atoms with van der Waals surface area (Å²) in [4.78, 5) is 15.2. The summed E-state index contributed by atoms with van der Waals surface area (Å²) in [7, 11) is 1.70. The Labute approximate surface area is 182 Å². The van der Waals surface area contributed by atoms with Gasteiger partial charge < -0.3 is 19.6 Å². The molecular weight excluding hydrogens is 386 g/mol. The van der Waals surface area contributed by atoms with Crippen molar-refractivity contribution in [1.82, 2.24) is 14.9 Å². The van der Waals surface area contributed by atoms with Crippen molar-refractivity contribution in [3.63, 3.8) is 0 Å². The normalized spacial score (nSPS) is 15.9. The standard InChI is InChI=1S/C26H29N3O2/c1-16-19-7-4-5-9-24(19)29-14-6-8-21(26(16)29)25-20(12-13-27-17(2)30)22-15-18(31-3)10-11-23(22)28-25/h4-5,7,9-11,15,21,28H,6,8,12-14H2,1-3H3,(H,27,30). The number of nitrogens with zero attached hydrogens (tertiary/aromatic N) is 1. The van der Waals surface area contributed by atoms with Crippen LogP contribution in [0.15, 0.2) is 42.5 Å². The fraction of sp³-hybridized carbons (Fsp3) is 0.346. The van der Waals surface area contributed by atoms with Gasteiger partial charge in [0.05, 0.1) is 7.11 Å². The molecule has 5 rings (SSSR count). The molecule has 1 atom stereocenters. The second-order valence-corrected chi connectivity index (χ2v) is 8.54. The maximum atomic E-state index is 11.5. The van der Waals surface area contributed by atoms with E-state index in [9.17, 15) is 4.79 Å². The monoisotopic (exact) mass is 415 g/mol. The van der Waals surface area contributed by atoms with Gasteiger partial charge in [-0.15, -0.1) is 0 Å². The van der Waals surface area contributed by atoms with Crippen LogP contribution in [0.4, 0.5) is 0 Å². The Bertz CT molecular complexity index is 1280. The molecule has 0 saturated carbocycles. The van der Waals surface area contributed by atoms with E-state index in [0.29, 0.717) is 12.5 Å². The van der Waals surface area contributed by atoms with Crippen molar-refractivity contribution in [2.75, 3.05) is 13.7 Å². The van der Waals surface area contributed by atoms with Gasteiger partial charge in [0.1, 0.15) is 5.75 Å². The molecule has 160 valence electrons. The summed E-state index contributed by atoms with van der Waals surface area (Å²) >= 11 is 0. The molecule has 1 amide bonds. The van der Waals surface area contributed by atoms with Gasteiger partial charge in [-0.05, 0) is 61.6 Å². The number of hydrogen-bond acceptors (Lipinski definition) is 2. The summed E-state index contributed by atoms with van der Waals surface area (Å²) in [6, 6.07) is 15.0. The molecule has 1 unspecified atom stereocenters. The van der Waals surface area contributed by atoms with Crippen molar-refractivity contribution in [2.24, 2.45) is 0 Å². The van der Waals surface area contributed by atoms with Gasteiger partial charge in [-0.2, -0.15) is 0 Å². The van der Waals surface area contributed by atoms with Gasteiger partial charge >= 0.3 is 0 Å². The first-order valence-corrected chi connectivity index (χ1v) is 11.1. The number of hydrogen-bond donors (Lipinski definition) is 2. The van der Waals surface area contributed by atoms with E-state index in [1.807, 2.05) is 6.07 Å². The van der Waals surface area contributed by atoms with E-state index in [-0.39, 0.29) is 5.91 Å². The number of fused-ring (bicyclic) bond motifs is 4. The lowest BCUT2D eigenvalue weighted by atomic mass is 9.87. The zero-order valence-corrected chi connectivity index (χ0v) is 18.4. The lowest BCUT2D eigenvalue weighted by Gasteiger charge is -2.27. The molecule has 3 heterocycles. The largest absolute Gasteiger partial charge is 0.497 e. The Balaban J connectivity index is 1.68. The Morgan fingerprint density at radius 1 is 1.23 bits per heavy atom. The number of benzene rings is 2. The molecule has 5 nitrogen and oxygen atoms in total. The maximum absolute atomic E-state index is 11.5. The highest BCUT2D eigenvalue weighted by molar-refractivity contribution is 5.88. The van der Waals surface area contributed by atoms with Gasteiger partial charge in [0.25, 0.3) is 0 Å². The number of para-hydroxylation sites is 1. The molecule has 0 aliphatic carbocycles. The van der Waals surface area contributed by atoms with E-state index < -0.39 is 0 Å². The van der Waals surface area contributed by atoms with Crippen molar-refractivity contribution in [2.45, 2.75) is 45.6 Å². The Morgan fingerprint density at radius 3 is 2.87 bits per heavy atom. The van der Waals surface area contributed by atoms with E-state index in [1.54, 1.807) is 14.0 Å². The van der Waals surface area contributed by atoms with Crippen molar-refractivity contribution in [3.05, 3.63) is 65.0 Å². The van der Waals surface area contributed by atoms with Crippen LogP contribution in [0.5, 0.6) is 5.75 Å². The minimum atomic E-state index is 0.00705. The van der Waals surface area contributed by atoms with Crippen LogP contribution in [0.2, 0.25) is 0 Å². The van der Waals surface area contributed by atoms with Crippen LogP contribution in [0.3, 0.4) is 0 Å². The van der Waals surface area contributed by atoms with Gasteiger partial charge in [0.15, 0.2) is 0 Å². The highest BCUT2D eigenvalue weighted by Crippen LogP contribution is 2.43. The van der Waals surface area contributed by atoms with Crippen LogP contribution in [0.25, 0.3) is 21.8 Å². The number of carbonyl (C=O) groups is 1. The molecule has 2 N–H and O–H groups in total. The minimum absolute atomic E-state index is 0.00705. The smallest absolute Gasteiger partial charge is 0.216 e. The van der Waals surface area contributed by atoms with Crippen molar-refractivity contribution >= 4 is 27.7 Å². The number of carbonyl (C=O) groups excluding carboxylic acids is 1. The molecule has 31 heavy (non-hydrogen) atoms. The third kappa shape index (κ3) is 3.29. The van der Waals surface area contributed by atoms with Gasteiger partial charge in [-0.25, -0.2) is 0 Å². The van der Waals surface area contributed by atoms with Crippen molar-refractivity contribution < 1.29 is 9.53 Å². The fourth-order valence-corrected chi connectivity index (χ4v) is 5.36. The zero-order valence-electron chi connectivity index (χ0n) is 18.4. The van der Waals surface area contributed by atoms with Crippen LogP contribution < -0.4 is 10.1 Å². The molecule has 0 bridgehead atoms. The molecule has 0 spiro atoms. The molecule has 4 aromatic rings. The second-order valence-electron chi connectivity index (χ2n) is 8.54. The predicted octanol–water partition coefficient (Wildman–Crippen LogP) is 5.04. The summed E-state index contributed by atoms with van der Waals surface area (Å²) < 4.78 is 8.02. The number of methoxy groups -OCH3 is 1. The molecule has 0 radical (unpaired) electrons. The van der Waals surface area contributed by atoms with E-state index in [4.69, 9.17) is 4.74 Å². The zero-order chi connectivity index (χ0) is 21.5. The molecule has 1 aliphatic heterocycles. The Kier molecular flexibility index (Phi) is 4.97. The van der Waals surface area contributed by atoms with Crippen molar-refractivity contribution in [3.8, 4) is 5.75 Å². The number of nitrogens with one attached hydrogen (secondary N) is 2. The summed E-state index contributed by atoms with van der Waals surface area (Å²) in [5.41, 5.74) is 7.82. The highest BCUT2D eigenvalue weighted by Gasteiger charge is 2.30. The highest BCUT2D eigenvalue weighted by atomic mass is 16.5.